The molecule has 0 aromatic carbocycles. The molecule has 0 radical (unpaired) electrons. The quantitative estimate of drug-likeness (QED) is 0.817. The molecular formula is C21H25N3O2S. The SMILES string of the molecule is O=C(c1ccsc1)N1CCCN(C(=O)C2(c3cccnc3)CCCC2)CC1. The van der Waals surface area contributed by atoms with Gasteiger partial charge in [-0.2, -0.15) is 11.3 Å². The number of thiophene rings is 1. The summed E-state index contributed by atoms with van der Waals surface area (Å²) in [7, 11) is 0. The summed E-state index contributed by atoms with van der Waals surface area (Å²) < 4.78 is 0. The second kappa shape index (κ2) is 7.80. The lowest BCUT2D eigenvalue weighted by molar-refractivity contribution is -0.137. The van der Waals surface area contributed by atoms with Gasteiger partial charge < -0.3 is 9.80 Å². The van der Waals surface area contributed by atoms with Crippen molar-refractivity contribution < 1.29 is 9.59 Å². The Morgan fingerprint density at radius 3 is 2.48 bits per heavy atom. The molecule has 1 saturated carbocycles. The van der Waals surface area contributed by atoms with Gasteiger partial charge in [-0.05, 0) is 42.3 Å². The first-order valence-corrected chi connectivity index (χ1v) is 10.7. The third kappa shape index (κ3) is 3.50. The zero-order chi connectivity index (χ0) is 18.7. The summed E-state index contributed by atoms with van der Waals surface area (Å²) in [6.07, 6.45) is 8.39. The van der Waals surface area contributed by atoms with E-state index in [1.165, 1.54) is 11.3 Å². The van der Waals surface area contributed by atoms with Gasteiger partial charge in [-0.1, -0.05) is 18.9 Å². The van der Waals surface area contributed by atoms with Crippen molar-refractivity contribution in [2.45, 2.75) is 37.5 Å². The molecule has 2 amide bonds. The lowest BCUT2D eigenvalue weighted by Crippen LogP contribution is -2.47. The maximum Gasteiger partial charge on any atom is 0.254 e. The first-order chi connectivity index (χ1) is 13.2. The van der Waals surface area contributed by atoms with Gasteiger partial charge in [-0.25, -0.2) is 0 Å². The molecule has 2 aromatic rings. The average molecular weight is 384 g/mol. The van der Waals surface area contributed by atoms with Gasteiger partial charge in [0.15, 0.2) is 0 Å². The van der Waals surface area contributed by atoms with Crippen molar-refractivity contribution in [3.8, 4) is 0 Å². The maximum absolute atomic E-state index is 13.6. The fraction of sp³-hybridized carbons (Fsp3) is 0.476. The van der Waals surface area contributed by atoms with E-state index in [2.05, 4.69) is 4.98 Å². The van der Waals surface area contributed by atoms with Crippen LogP contribution in [0, 0.1) is 0 Å². The lowest BCUT2D eigenvalue weighted by Gasteiger charge is -2.34. The predicted octanol–water partition coefficient (Wildman–Crippen LogP) is 3.33. The minimum atomic E-state index is -0.430. The molecule has 6 heteroatoms. The van der Waals surface area contributed by atoms with E-state index < -0.39 is 5.41 Å². The van der Waals surface area contributed by atoms with Crippen molar-refractivity contribution >= 4 is 23.2 Å². The largest absolute Gasteiger partial charge is 0.340 e. The van der Waals surface area contributed by atoms with Crippen LogP contribution < -0.4 is 0 Å². The highest BCUT2D eigenvalue weighted by Gasteiger charge is 2.45. The van der Waals surface area contributed by atoms with Gasteiger partial charge >= 0.3 is 0 Å². The minimum absolute atomic E-state index is 0.0772. The average Bonchev–Trinajstić information content (AvgIpc) is 3.36. The molecule has 0 bridgehead atoms. The number of carbonyl (C=O) groups is 2. The molecule has 0 unspecified atom stereocenters. The summed E-state index contributed by atoms with van der Waals surface area (Å²) in [5, 5.41) is 3.82. The van der Waals surface area contributed by atoms with Crippen LogP contribution in [0.1, 0.15) is 48.0 Å². The molecule has 0 atom stereocenters. The van der Waals surface area contributed by atoms with Crippen molar-refractivity contribution in [2.75, 3.05) is 26.2 Å². The van der Waals surface area contributed by atoms with Gasteiger partial charge in [0.1, 0.15) is 0 Å². The van der Waals surface area contributed by atoms with Crippen molar-refractivity contribution in [3.05, 3.63) is 52.5 Å². The molecule has 0 spiro atoms. The number of carbonyl (C=O) groups excluding carboxylic acids is 2. The van der Waals surface area contributed by atoms with E-state index in [4.69, 9.17) is 0 Å². The third-order valence-electron chi connectivity index (χ3n) is 5.92. The van der Waals surface area contributed by atoms with Crippen molar-refractivity contribution in [2.24, 2.45) is 0 Å². The molecule has 3 heterocycles. The molecule has 5 nitrogen and oxygen atoms in total. The Bertz CT molecular complexity index is 785. The number of hydrogen-bond acceptors (Lipinski definition) is 4. The van der Waals surface area contributed by atoms with Gasteiger partial charge in [0.05, 0.1) is 11.0 Å². The fourth-order valence-electron chi connectivity index (χ4n) is 4.45. The van der Waals surface area contributed by atoms with E-state index in [1.807, 2.05) is 45.0 Å². The Morgan fingerprint density at radius 2 is 1.78 bits per heavy atom. The second-order valence-electron chi connectivity index (χ2n) is 7.48. The number of pyridine rings is 1. The zero-order valence-electron chi connectivity index (χ0n) is 15.5. The molecule has 142 valence electrons. The van der Waals surface area contributed by atoms with Crippen molar-refractivity contribution in [1.29, 1.82) is 0 Å². The van der Waals surface area contributed by atoms with Crippen LogP contribution in [0.4, 0.5) is 0 Å². The van der Waals surface area contributed by atoms with E-state index in [-0.39, 0.29) is 11.8 Å². The third-order valence-corrected chi connectivity index (χ3v) is 6.60. The van der Waals surface area contributed by atoms with E-state index in [0.29, 0.717) is 26.2 Å². The van der Waals surface area contributed by atoms with E-state index in [1.54, 1.807) is 6.20 Å². The summed E-state index contributed by atoms with van der Waals surface area (Å²) in [5.74, 6) is 0.297. The van der Waals surface area contributed by atoms with Crippen LogP contribution in [-0.2, 0) is 10.2 Å². The molecule has 2 fully saturated rings. The highest BCUT2D eigenvalue weighted by molar-refractivity contribution is 7.08. The Balaban J connectivity index is 1.50. The first kappa shape index (κ1) is 18.2. The first-order valence-electron chi connectivity index (χ1n) is 9.72. The van der Waals surface area contributed by atoms with Gasteiger partial charge in [0.25, 0.3) is 5.91 Å². The van der Waals surface area contributed by atoms with E-state index >= 15 is 0 Å². The molecule has 1 aliphatic carbocycles. The summed E-state index contributed by atoms with van der Waals surface area (Å²) in [5.41, 5.74) is 1.37. The molecule has 4 rings (SSSR count). The van der Waals surface area contributed by atoms with Crippen LogP contribution in [-0.4, -0.2) is 52.8 Å². The van der Waals surface area contributed by atoms with Gasteiger partial charge in [-0.15, -0.1) is 0 Å². The Labute approximate surface area is 164 Å². The van der Waals surface area contributed by atoms with Crippen LogP contribution in [0.2, 0.25) is 0 Å². The lowest BCUT2D eigenvalue weighted by atomic mass is 9.78. The summed E-state index contributed by atoms with van der Waals surface area (Å²) >= 11 is 1.54. The van der Waals surface area contributed by atoms with Crippen molar-refractivity contribution in [1.82, 2.24) is 14.8 Å². The van der Waals surface area contributed by atoms with Crippen LogP contribution in [0.25, 0.3) is 0 Å². The monoisotopic (exact) mass is 383 g/mol. The standard InChI is InChI=1S/C21H25N3O2S/c25-19(17-6-14-27-16-17)23-10-4-11-24(13-12-23)20(26)21(7-1-2-8-21)18-5-3-9-22-15-18/h3,5-6,9,14-16H,1-2,4,7-8,10-13H2. The van der Waals surface area contributed by atoms with E-state index in [9.17, 15) is 9.59 Å². The second-order valence-corrected chi connectivity index (χ2v) is 8.26. The normalized spacial score (nSPS) is 19.7. The summed E-state index contributed by atoms with van der Waals surface area (Å²) in [6.45, 7) is 2.63. The Kier molecular flexibility index (Phi) is 5.25. The zero-order valence-corrected chi connectivity index (χ0v) is 16.3. The minimum Gasteiger partial charge on any atom is -0.340 e. The topological polar surface area (TPSA) is 53.5 Å². The van der Waals surface area contributed by atoms with E-state index in [0.717, 1.165) is 43.2 Å². The number of rotatable bonds is 3. The van der Waals surface area contributed by atoms with Gasteiger partial charge in [0.2, 0.25) is 5.91 Å². The molecule has 2 aliphatic rings. The number of nitrogens with zero attached hydrogens (tertiary/aromatic N) is 3. The molecule has 1 saturated heterocycles. The highest BCUT2D eigenvalue weighted by atomic mass is 32.1. The predicted molar refractivity (Wildman–Crippen MR) is 106 cm³/mol. The summed E-state index contributed by atoms with van der Waals surface area (Å²) in [4.78, 5) is 34.4. The Morgan fingerprint density at radius 1 is 1.00 bits per heavy atom. The van der Waals surface area contributed by atoms with Crippen molar-refractivity contribution in [3.63, 3.8) is 0 Å². The molecule has 27 heavy (non-hydrogen) atoms. The molecule has 1 aliphatic heterocycles. The fourth-order valence-corrected chi connectivity index (χ4v) is 5.08. The maximum atomic E-state index is 13.6. The molecule has 0 N–H and O–H groups in total. The van der Waals surface area contributed by atoms with Gasteiger partial charge in [-0.3, -0.25) is 14.6 Å². The van der Waals surface area contributed by atoms with Crippen LogP contribution >= 0.6 is 11.3 Å². The Hall–Kier alpha value is -2.21. The molecular weight excluding hydrogens is 358 g/mol. The van der Waals surface area contributed by atoms with Gasteiger partial charge in [0, 0.05) is 44.0 Å². The van der Waals surface area contributed by atoms with Crippen LogP contribution in [0.3, 0.4) is 0 Å². The van der Waals surface area contributed by atoms with Crippen LogP contribution in [0.5, 0.6) is 0 Å². The number of aromatic nitrogens is 1. The molecule has 2 aromatic heterocycles. The smallest absolute Gasteiger partial charge is 0.254 e. The van der Waals surface area contributed by atoms with Crippen LogP contribution in [0.15, 0.2) is 41.4 Å². The number of amides is 2. The summed E-state index contributed by atoms with van der Waals surface area (Å²) in [6, 6.07) is 5.84. The highest BCUT2D eigenvalue weighted by Crippen LogP contribution is 2.42. The number of hydrogen-bond donors (Lipinski definition) is 0.